The van der Waals surface area contributed by atoms with Gasteiger partial charge in [-0.2, -0.15) is 0 Å². The third-order valence-electron chi connectivity index (χ3n) is 2.50. The van der Waals surface area contributed by atoms with Crippen molar-refractivity contribution in [2.75, 3.05) is 0 Å². The summed E-state index contributed by atoms with van der Waals surface area (Å²) in [5.74, 6) is -1.76. The Balaban J connectivity index is 0.00000144. The summed E-state index contributed by atoms with van der Waals surface area (Å²) in [6.07, 6.45) is 0. The van der Waals surface area contributed by atoms with Crippen LogP contribution in [0.15, 0.2) is 60.7 Å². The molecule has 0 amide bonds. The van der Waals surface area contributed by atoms with E-state index < -0.39 is 11.9 Å². The van der Waals surface area contributed by atoms with Crippen molar-refractivity contribution in [3.63, 3.8) is 0 Å². The fourth-order valence-electron chi connectivity index (χ4n) is 1.76. The molecule has 0 bridgehead atoms. The van der Waals surface area contributed by atoms with E-state index in [1.807, 2.05) is 36.4 Å². The summed E-state index contributed by atoms with van der Waals surface area (Å²) in [7, 11) is 0. The summed E-state index contributed by atoms with van der Waals surface area (Å²) in [6, 6.07) is 18.2. The van der Waals surface area contributed by atoms with Crippen molar-refractivity contribution in [3.8, 4) is 0 Å². The van der Waals surface area contributed by atoms with Gasteiger partial charge in [0.2, 0.25) is 0 Å². The number of carbonyl (C=O) groups excluding carboxylic acids is 1. The quantitative estimate of drug-likeness (QED) is 0.611. The first kappa shape index (κ1) is 14.0. The molecule has 0 aliphatic heterocycles. The Hall–Kier alpha value is -1.09. The summed E-state index contributed by atoms with van der Waals surface area (Å²) in [6.45, 7) is 0. The van der Waals surface area contributed by atoms with Gasteiger partial charge in [0, 0.05) is 5.92 Å². The number of hydrogen-bond acceptors (Lipinski definition) is 2. The summed E-state index contributed by atoms with van der Waals surface area (Å²) < 4.78 is 0. The molecule has 17 heavy (non-hydrogen) atoms. The molecule has 2 aromatic rings. The molecule has 2 aromatic carbocycles. The molecule has 0 saturated carbocycles. The van der Waals surface area contributed by atoms with E-state index in [1.54, 1.807) is 24.3 Å². The van der Waals surface area contributed by atoms with Gasteiger partial charge < -0.3 is 9.90 Å². The first-order chi connectivity index (χ1) is 7.79. The topological polar surface area (TPSA) is 40.1 Å². The van der Waals surface area contributed by atoms with Crippen molar-refractivity contribution < 1.29 is 39.5 Å². The molecular weight excluding hydrogens is 223 g/mol. The Morgan fingerprint density at radius 2 is 1.18 bits per heavy atom. The van der Waals surface area contributed by atoms with E-state index in [4.69, 9.17) is 0 Å². The molecule has 0 heterocycles. The number of benzene rings is 2. The summed E-state index contributed by atoms with van der Waals surface area (Å²) in [5.41, 5.74) is 1.49. The average molecular weight is 234 g/mol. The summed E-state index contributed by atoms with van der Waals surface area (Å²) >= 11 is 0. The first-order valence-electron chi connectivity index (χ1n) is 5.10. The Morgan fingerprint density at radius 3 is 1.47 bits per heavy atom. The van der Waals surface area contributed by atoms with E-state index in [0.29, 0.717) is 0 Å². The van der Waals surface area contributed by atoms with Gasteiger partial charge >= 0.3 is 29.6 Å². The predicted octanol–water partition coefficient (Wildman–Crippen LogP) is -1.43. The summed E-state index contributed by atoms with van der Waals surface area (Å²) in [5, 5.41) is 11.2. The van der Waals surface area contributed by atoms with Crippen molar-refractivity contribution in [1.82, 2.24) is 0 Å². The van der Waals surface area contributed by atoms with Crippen LogP contribution in [0, 0.1) is 0 Å². The zero-order valence-corrected chi connectivity index (χ0v) is 11.7. The maximum Gasteiger partial charge on any atom is 1.00 e. The monoisotopic (exact) mass is 234 g/mol. The smallest absolute Gasteiger partial charge is 0.549 e. The second-order valence-corrected chi connectivity index (χ2v) is 3.57. The zero-order chi connectivity index (χ0) is 11.4. The van der Waals surface area contributed by atoms with E-state index in [9.17, 15) is 9.90 Å². The van der Waals surface area contributed by atoms with Gasteiger partial charge in [0.15, 0.2) is 0 Å². The van der Waals surface area contributed by atoms with Gasteiger partial charge in [-0.25, -0.2) is 0 Å². The Kier molecular flexibility index (Phi) is 5.42. The molecule has 0 fully saturated rings. The van der Waals surface area contributed by atoms with Gasteiger partial charge in [-0.05, 0) is 11.1 Å². The molecule has 0 aromatic heterocycles. The van der Waals surface area contributed by atoms with Crippen LogP contribution >= 0.6 is 0 Å². The van der Waals surface area contributed by atoms with Crippen LogP contribution in [0.4, 0.5) is 0 Å². The Morgan fingerprint density at radius 1 is 0.824 bits per heavy atom. The second kappa shape index (κ2) is 6.60. The Labute approximate surface area is 123 Å². The van der Waals surface area contributed by atoms with Crippen molar-refractivity contribution in [3.05, 3.63) is 71.8 Å². The second-order valence-electron chi connectivity index (χ2n) is 3.57. The van der Waals surface area contributed by atoms with Gasteiger partial charge in [-0.1, -0.05) is 60.7 Å². The van der Waals surface area contributed by atoms with Crippen LogP contribution in [0.1, 0.15) is 17.0 Å². The molecule has 0 unspecified atom stereocenters. The minimum atomic E-state index is -1.07. The predicted molar refractivity (Wildman–Crippen MR) is 59.7 cm³/mol. The molecule has 2 nitrogen and oxygen atoms in total. The van der Waals surface area contributed by atoms with Crippen LogP contribution in [0.25, 0.3) is 0 Å². The number of carboxylic acid groups (broad SMARTS) is 1. The van der Waals surface area contributed by atoms with Gasteiger partial charge in [0.05, 0.1) is 5.97 Å². The van der Waals surface area contributed by atoms with E-state index >= 15 is 0 Å². The molecule has 2 rings (SSSR count). The minimum Gasteiger partial charge on any atom is -0.549 e. The van der Waals surface area contributed by atoms with Crippen molar-refractivity contribution in [2.45, 2.75) is 5.92 Å². The molecule has 0 aliphatic rings. The van der Waals surface area contributed by atoms with Crippen LogP contribution in [-0.2, 0) is 4.79 Å². The molecule has 0 saturated heterocycles. The van der Waals surface area contributed by atoms with Crippen molar-refractivity contribution >= 4 is 5.97 Å². The summed E-state index contributed by atoms with van der Waals surface area (Å²) in [4.78, 5) is 11.2. The third-order valence-corrected chi connectivity index (χ3v) is 2.50. The molecule has 0 N–H and O–H groups in total. The average Bonchev–Trinajstić information content (AvgIpc) is 2.31. The largest absolute Gasteiger partial charge is 1.00 e. The van der Waals surface area contributed by atoms with E-state index in [2.05, 4.69) is 0 Å². The van der Waals surface area contributed by atoms with E-state index in [-0.39, 0.29) is 29.6 Å². The zero-order valence-electron chi connectivity index (χ0n) is 9.67. The fraction of sp³-hybridized carbons (Fsp3) is 0.0714. The molecule has 3 heteroatoms. The Bertz CT molecular complexity index is 429. The van der Waals surface area contributed by atoms with Crippen LogP contribution in [0.5, 0.6) is 0 Å². The van der Waals surface area contributed by atoms with Gasteiger partial charge in [-0.3, -0.25) is 0 Å². The SMILES string of the molecule is O=C([O-])C(c1ccccc1)c1ccccc1.[Na+]. The number of aliphatic carboxylic acids is 1. The number of carboxylic acids is 1. The van der Waals surface area contributed by atoms with Crippen LogP contribution in [-0.4, -0.2) is 5.97 Å². The third kappa shape index (κ3) is 3.43. The van der Waals surface area contributed by atoms with Crippen LogP contribution in [0.3, 0.4) is 0 Å². The van der Waals surface area contributed by atoms with E-state index in [0.717, 1.165) is 11.1 Å². The molecule has 0 atom stereocenters. The molecule has 0 radical (unpaired) electrons. The van der Waals surface area contributed by atoms with E-state index in [1.165, 1.54) is 0 Å². The fourth-order valence-corrected chi connectivity index (χ4v) is 1.76. The first-order valence-corrected chi connectivity index (χ1v) is 5.10. The number of rotatable bonds is 3. The van der Waals surface area contributed by atoms with Crippen molar-refractivity contribution in [1.29, 1.82) is 0 Å². The van der Waals surface area contributed by atoms with Crippen LogP contribution in [0.2, 0.25) is 0 Å². The molecule has 80 valence electrons. The normalized spacial score (nSPS) is 9.71. The maximum absolute atomic E-state index is 11.2. The van der Waals surface area contributed by atoms with Gasteiger partial charge in [0.1, 0.15) is 0 Å². The maximum atomic E-state index is 11.2. The molecule has 0 spiro atoms. The minimum absolute atomic E-state index is 0. The standard InChI is InChI=1S/C14H12O2.Na/c15-14(16)13(11-7-3-1-4-8-11)12-9-5-2-6-10-12;/h1-10,13H,(H,15,16);/q;+1/p-1. The number of hydrogen-bond donors (Lipinski definition) is 0. The van der Waals surface area contributed by atoms with Crippen molar-refractivity contribution in [2.24, 2.45) is 0 Å². The van der Waals surface area contributed by atoms with Gasteiger partial charge in [-0.15, -0.1) is 0 Å². The van der Waals surface area contributed by atoms with Gasteiger partial charge in [0.25, 0.3) is 0 Å². The number of carbonyl (C=O) groups is 1. The molecular formula is C14H11NaO2. The molecule has 0 aliphatic carbocycles. The van der Waals surface area contributed by atoms with Crippen LogP contribution < -0.4 is 34.7 Å².